The minimum Gasteiger partial charge on any atom is -0.207 e. The van der Waals surface area contributed by atoms with Gasteiger partial charge in [-0.25, -0.2) is 12.7 Å². The average Bonchev–Trinajstić information content (AvgIpc) is 2.29. The van der Waals surface area contributed by atoms with E-state index in [4.69, 9.17) is 5.53 Å². The molecule has 0 aliphatic heterocycles. The third-order valence-corrected chi connectivity index (χ3v) is 4.20. The second-order valence-electron chi connectivity index (χ2n) is 3.74. The molecule has 0 amide bonds. The summed E-state index contributed by atoms with van der Waals surface area (Å²) < 4.78 is 24.7. The molecule has 0 aromatic heterocycles. The van der Waals surface area contributed by atoms with Crippen LogP contribution < -0.4 is 0 Å². The van der Waals surface area contributed by atoms with Crippen molar-refractivity contribution in [3.8, 4) is 0 Å². The molecule has 6 nitrogen and oxygen atoms in total. The molecule has 0 spiro atoms. The van der Waals surface area contributed by atoms with Crippen molar-refractivity contribution >= 4 is 10.0 Å². The first-order valence-electron chi connectivity index (χ1n) is 4.96. The molecule has 92 valence electrons. The largest absolute Gasteiger partial charge is 0.242 e. The fraction of sp³-hybridized carbons (Fsp3) is 0.400. The molecule has 17 heavy (non-hydrogen) atoms. The van der Waals surface area contributed by atoms with Gasteiger partial charge in [-0.05, 0) is 23.2 Å². The third kappa shape index (κ3) is 2.97. The van der Waals surface area contributed by atoms with Crippen LogP contribution in [0.4, 0.5) is 0 Å². The van der Waals surface area contributed by atoms with E-state index in [1.54, 1.807) is 19.1 Å². The van der Waals surface area contributed by atoms with E-state index in [0.29, 0.717) is 0 Å². The minimum atomic E-state index is -3.40. The summed E-state index contributed by atoms with van der Waals surface area (Å²) in [6, 6.07) is 6.00. The average molecular weight is 254 g/mol. The SMILES string of the molecule is C[C@H](N=[N+]=[N-])c1ccc(S(=O)(=O)N(C)C)cc1. The Balaban J connectivity index is 3.08. The van der Waals surface area contributed by atoms with Gasteiger partial charge >= 0.3 is 0 Å². The normalized spacial score (nSPS) is 13.2. The number of hydrogen-bond acceptors (Lipinski definition) is 3. The summed E-state index contributed by atoms with van der Waals surface area (Å²) in [5, 5.41) is 3.54. The summed E-state index contributed by atoms with van der Waals surface area (Å²) in [4.78, 5) is 2.93. The van der Waals surface area contributed by atoms with Gasteiger partial charge in [0.1, 0.15) is 0 Å². The lowest BCUT2D eigenvalue weighted by Crippen LogP contribution is -2.22. The molecule has 1 rings (SSSR count). The molecular formula is C10H14N4O2S. The highest BCUT2D eigenvalue weighted by molar-refractivity contribution is 7.89. The first-order chi connectivity index (χ1) is 7.89. The Bertz CT molecular complexity index is 530. The van der Waals surface area contributed by atoms with Crippen molar-refractivity contribution < 1.29 is 8.42 Å². The number of benzene rings is 1. The molecule has 0 N–H and O–H groups in total. The van der Waals surface area contributed by atoms with Crippen molar-refractivity contribution in [2.24, 2.45) is 5.11 Å². The number of rotatable bonds is 4. The van der Waals surface area contributed by atoms with E-state index in [2.05, 4.69) is 10.0 Å². The van der Waals surface area contributed by atoms with E-state index in [1.165, 1.54) is 26.2 Å². The van der Waals surface area contributed by atoms with E-state index in [9.17, 15) is 8.42 Å². The lowest BCUT2D eigenvalue weighted by atomic mass is 10.1. The highest BCUT2D eigenvalue weighted by atomic mass is 32.2. The molecule has 1 aromatic rings. The van der Waals surface area contributed by atoms with Gasteiger partial charge in [-0.2, -0.15) is 0 Å². The van der Waals surface area contributed by atoms with Crippen LogP contribution in [0.3, 0.4) is 0 Å². The predicted molar refractivity (Wildman–Crippen MR) is 64.9 cm³/mol. The van der Waals surface area contributed by atoms with Crippen LogP contribution in [0.1, 0.15) is 18.5 Å². The highest BCUT2D eigenvalue weighted by Gasteiger charge is 2.16. The number of sulfonamides is 1. The quantitative estimate of drug-likeness (QED) is 0.469. The minimum absolute atomic E-state index is 0.222. The number of nitrogens with zero attached hydrogens (tertiary/aromatic N) is 4. The van der Waals surface area contributed by atoms with Crippen molar-refractivity contribution in [3.63, 3.8) is 0 Å². The van der Waals surface area contributed by atoms with Crippen molar-refractivity contribution in [1.82, 2.24) is 4.31 Å². The summed E-state index contributed by atoms with van der Waals surface area (Å²) in [6.45, 7) is 1.75. The zero-order chi connectivity index (χ0) is 13.1. The lowest BCUT2D eigenvalue weighted by Gasteiger charge is -2.12. The maximum Gasteiger partial charge on any atom is 0.242 e. The second kappa shape index (κ2) is 5.18. The molecular weight excluding hydrogens is 240 g/mol. The van der Waals surface area contributed by atoms with Crippen LogP contribution in [0, 0.1) is 0 Å². The number of azide groups is 1. The Morgan fingerprint density at radius 3 is 2.24 bits per heavy atom. The van der Waals surface area contributed by atoms with E-state index in [1.807, 2.05) is 0 Å². The van der Waals surface area contributed by atoms with Crippen LogP contribution in [-0.4, -0.2) is 26.8 Å². The predicted octanol–water partition coefficient (Wildman–Crippen LogP) is 2.31. The molecule has 1 aromatic carbocycles. The maximum atomic E-state index is 11.8. The van der Waals surface area contributed by atoms with Crippen molar-refractivity contribution in [2.75, 3.05) is 14.1 Å². The van der Waals surface area contributed by atoms with Crippen molar-refractivity contribution in [2.45, 2.75) is 17.9 Å². The van der Waals surface area contributed by atoms with Gasteiger partial charge in [-0.3, -0.25) is 0 Å². The summed E-state index contributed by atoms with van der Waals surface area (Å²) >= 11 is 0. The van der Waals surface area contributed by atoms with Crippen LogP contribution in [-0.2, 0) is 10.0 Å². The Morgan fingerprint density at radius 1 is 1.29 bits per heavy atom. The monoisotopic (exact) mass is 254 g/mol. The molecule has 0 heterocycles. The van der Waals surface area contributed by atoms with Gasteiger partial charge in [0.05, 0.1) is 10.9 Å². The third-order valence-electron chi connectivity index (χ3n) is 2.37. The molecule has 0 radical (unpaired) electrons. The number of hydrogen-bond donors (Lipinski definition) is 0. The molecule has 0 aliphatic carbocycles. The lowest BCUT2D eigenvalue weighted by molar-refractivity contribution is 0.520. The first kappa shape index (κ1) is 13.5. The van der Waals surface area contributed by atoms with Gasteiger partial charge in [-0.15, -0.1) is 0 Å². The summed E-state index contributed by atoms with van der Waals surface area (Å²) in [7, 11) is -0.446. The fourth-order valence-electron chi connectivity index (χ4n) is 1.27. The molecule has 0 saturated carbocycles. The fourth-order valence-corrected chi connectivity index (χ4v) is 2.17. The van der Waals surface area contributed by atoms with Crippen LogP contribution in [0.25, 0.3) is 10.4 Å². The zero-order valence-electron chi connectivity index (χ0n) is 9.90. The van der Waals surface area contributed by atoms with E-state index >= 15 is 0 Å². The second-order valence-corrected chi connectivity index (χ2v) is 5.89. The Kier molecular flexibility index (Phi) is 4.11. The molecule has 0 unspecified atom stereocenters. The van der Waals surface area contributed by atoms with Crippen LogP contribution in [0.5, 0.6) is 0 Å². The smallest absolute Gasteiger partial charge is 0.207 e. The van der Waals surface area contributed by atoms with Gasteiger partial charge in [0.15, 0.2) is 0 Å². The van der Waals surface area contributed by atoms with Crippen LogP contribution >= 0.6 is 0 Å². The molecule has 7 heteroatoms. The molecule has 0 aliphatic rings. The topological polar surface area (TPSA) is 86.1 Å². The summed E-state index contributed by atoms with van der Waals surface area (Å²) in [5.41, 5.74) is 9.09. The van der Waals surface area contributed by atoms with Crippen molar-refractivity contribution in [3.05, 3.63) is 40.3 Å². The molecule has 0 bridgehead atoms. The van der Waals surface area contributed by atoms with Crippen molar-refractivity contribution in [1.29, 1.82) is 0 Å². The zero-order valence-corrected chi connectivity index (χ0v) is 10.7. The molecule has 0 fully saturated rings. The van der Waals surface area contributed by atoms with Gasteiger partial charge in [0.25, 0.3) is 0 Å². The maximum absolute atomic E-state index is 11.8. The van der Waals surface area contributed by atoms with Gasteiger partial charge in [-0.1, -0.05) is 24.2 Å². The highest BCUT2D eigenvalue weighted by Crippen LogP contribution is 2.20. The van der Waals surface area contributed by atoms with Gasteiger partial charge in [0, 0.05) is 19.0 Å². The molecule has 1 atom stereocenters. The summed E-state index contributed by atoms with van der Waals surface area (Å²) in [5.74, 6) is 0. The Hall–Kier alpha value is -1.56. The van der Waals surface area contributed by atoms with Crippen LogP contribution in [0.2, 0.25) is 0 Å². The van der Waals surface area contributed by atoms with E-state index in [0.717, 1.165) is 9.87 Å². The van der Waals surface area contributed by atoms with E-state index < -0.39 is 10.0 Å². The summed E-state index contributed by atoms with van der Waals surface area (Å²) in [6.07, 6.45) is 0. The standard InChI is InChI=1S/C10H14N4O2S/c1-8(12-13-11)9-4-6-10(7-5-9)17(15,16)14(2)3/h4-8H,1-3H3/t8-/m0/s1. The molecule has 0 saturated heterocycles. The Morgan fingerprint density at radius 2 is 1.82 bits per heavy atom. The first-order valence-corrected chi connectivity index (χ1v) is 6.40. The van der Waals surface area contributed by atoms with Crippen LogP contribution in [0.15, 0.2) is 34.3 Å². The van der Waals surface area contributed by atoms with Gasteiger partial charge in [0.2, 0.25) is 10.0 Å². The Labute approximate surface area is 101 Å². The van der Waals surface area contributed by atoms with E-state index in [-0.39, 0.29) is 10.9 Å². The van der Waals surface area contributed by atoms with Gasteiger partial charge < -0.3 is 0 Å².